The van der Waals surface area contributed by atoms with Crippen LogP contribution >= 0.6 is 0 Å². The molecule has 1 aliphatic rings. The van der Waals surface area contributed by atoms with Gasteiger partial charge in [-0.15, -0.1) is 0 Å². The quantitative estimate of drug-likeness (QED) is 0.670. The summed E-state index contributed by atoms with van der Waals surface area (Å²) in [5.74, 6) is 0.900. The maximum Gasteiger partial charge on any atom is -0.000312 e. The van der Waals surface area contributed by atoms with Crippen molar-refractivity contribution in [2.24, 2.45) is 16.7 Å². The Morgan fingerprint density at radius 3 is 1.83 bits per heavy atom. The van der Waals surface area contributed by atoms with E-state index in [0.29, 0.717) is 10.8 Å². The van der Waals surface area contributed by atoms with E-state index < -0.39 is 0 Å². The van der Waals surface area contributed by atoms with Gasteiger partial charge in [0.15, 0.2) is 0 Å². The van der Waals surface area contributed by atoms with Crippen LogP contribution < -0.4 is 5.32 Å². The average Bonchev–Trinajstić information content (AvgIpc) is 1.45. The summed E-state index contributed by atoms with van der Waals surface area (Å²) in [6, 6.07) is 0. The molecular weight excluding hydrogens is 146 g/mol. The van der Waals surface area contributed by atoms with Crippen molar-refractivity contribution in [1.82, 2.24) is 5.32 Å². The fraction of sp³-hybridized carbons (Fsp3) is 1.00. The summed E-state index contributed by atoms with van der Waals surface area (Å²) in [5.41, 5.74) is 0.989. The molecule has 0 unspecified atom stereocenters. The van der Waals surface area contributed by atoms with Crippen LogP contribution in [0.5, 0.6) is 0 Å². The van der Waals surface area contributed by atoms with Gasteiger partial charge in [0.2, 0.25) is 0 Å². The van der Waals surface area contributed by atoms with Gasteiger partial charge in [-0.3, -0.25) is 0 Å². The van der Waals surface area contributed by atoms with Crippen LogP contribution in [0.2, 0.25) is 0 Å². The smallest absolute Gasteiger partial charge is 0.000312 e. The minimum absolute atomic E-state index is 0.471. The van der Waals surface area contributed by atoms with Crippen LogP contribution in [0, 0.1) is 16.7 Å². The Kier molecular flexibility index (Phi) is 2.53. The number of rotatable bonds is 2. The van der Waals surface area contributed by atoms with Crippen molar-refractivity contribution in [2.45, 2.75) is 41.0 Å². The molecule has 12 heavy (non-hydrogen) atoms. The Morgan fingerprint density at radius 2 is 1.58 bits per heavy atom. The molecule has 1 rings (SSSR count). The van der Waals surface area contributed by atoms with Crippen LogP contribution in [-0.2, 0) is 0 Å². The van der Waals surface area contributed by atoms with Crippen molar-refractivity contribution in [2.75, 3.05) is 13.1 Å². The SMILES string of the molecule is CC(C)(C)CC(C)(C)C1CNC1. The van der Waals surface area contributed by atoms with Crippen LogP contribution in [0.4, 0.5) is 0 Å². The highest BCUT2D eigenvalue weighted by Crippen LogP contribution is 2.40. The van der Waals surface area contributed by atoms with Gasteiger partial charge < -0.3 is 5.32 Å². The molecule has 0 aromatic carbocycles. The van der Waals surface area contributed by atoms with Gasteiger partial charge in [0.25, 0.3) is 0 Å². The van der Waals surface area contributed by atoms with E-state index in [4.69, 9.17) is 0 Å². The molecule has 1 fully saturated rings. The normalized spacial score (nSPS) is 20.8. The van der Waals surface area contributed by atoms with Gasteiger partial charge in [-0.1, -0.05) is 34.6 Å². The topological polar surface area (TPSA) is 12.0 Å². The molecule has 0 saturated carbocycles. The molecule has 0 spiro atoms. The molecule has 0 aromatic heterocycles. The number of hydrogen-bond donors (Lipinski definition) is 1. The zero-order valence-corrected chi connectivity index (χ0v) is 9.20. The molecule has 1 heterocycles. The maximum absolute atomic E-state index is 3.35. The molecule has 0 amide bonds. The Labute approximate surface area is 76.9 Å². The molecular formula is C11H23N. The molecule has 0 bridgehead atoms. The van der Waals surface area contributed by atoms with Gasteiger partial charge in [-0.25, -0.2) is 0 Å². The first-order valence-corrected chi connectivity index (χ1v) is 5.02. The van der Waals surface area contributed by atoms with E-state index in [9.17, 15) is 0 Å². The molecule has 72 valence electrons. The highest BCUT2D eigenvalue weighted by Gasteiger charge is 2.36. The summed E-state index contributed by atoms with van der Waals surface area (Å²) in [5, 5.41) is 3.35. The lowest BCUT2D eigenvalue weighted by atomic mass is 9.67. The summed E-state index contributed by atoms with van der Waals surface area (Å²) in [6.45, 7) is 14.3. The lowest BCUT2D eigenvalue weighted by Gasteiger charge is -2.44. The zero-order valence-electron chi connectivity index (χ0n) is 9.20. The summed E-state index contributed by atoms with van der Waals surface area (Å²) >= 11 is 0. The molecule has 0 radical (unpaired) electrons. The fourth-order valence-electron chi connectivity index (χ4n) is 2.35. The molecule has 0 aliphatic carbocycles. The first-order valence-electron chi connectivity index (χ1n) is 5.02. The third-order valence-electron chi connectivity index (χ3n) is 2.87. The van der Waals surface area contributed by atoms with Crippen molar-refractivity contribution in [1.29, 1.82) is 0 Å². The largest absolute Gasteiger partial charge is 0.316 e. The van der Waals surface area contributed by atoms with Crippen molar-refractivity contribution < 1.29 is 0 Å². The first-order chi connectivity index (χ1) is 5.31. The van der Waals surface area contributed by atoms with Crippen molar-refractivity contribution in [3.05, 3.63) is 0 Å². The summed E-state index contributed by atoms with van der Waals surface area (Å²) in [4.78, 5) is 0. The first kappa shape index (κ1) is 10.0. The standard InChI is InChI=1S/C11H23N/c1-10(2,3)8-11(4,5)9-6-12-7-9/h9,12H,6-8H2,1-5H3. The van der Waals surface area contributed by atoms with Crippen molar-refractivity contribution >= 4 is 0 Å². The highest BCUT2D eigenvalue weighted by atomic mass is 15.0. The van der Waals surface area contributed by atoms with Crippen LogP contribution in [0.15, 0.2) is 0 Å². The molecule has 1 saturated heterocycles. The zero-order chi connectivity index (χ0) is 9.41. The van der Waals surface area contributed by atoms with E-state index >= 15 is 0 Å². The Morgan fingerprint density at radius 1 is 1.08 bits per heavy atom. The predicted octanol–water partition coefficient (Wildman–Crippen LogP) is 2.67. The second-order valence-corrected chi connectivity index (χ2v) is 6.08. The van der Waals surface area contributed by atoms with Gasteiger partial charge in [-0.2, -0.15) is 0 Å². The van der Waals surface area contributed by atoms with E-state index in [2.05, 4.69) is 39.9 Å². The third-order valence-corrected chi connectivity index (χ3v) is 2.87. The van der Waals surface area contributed by atoms with Gasteiger partial charge >= 0.3 is 0 Å². The summed E-state index contributed by atoms with van der Waals surface area (Å²) in [7, 11) is 0. The average molecular weight is 169 g/mol. The molecule has 1 nitrogen and oxygen atoms in total. The Hall–Kier alpha value is -0.0400. The maximum atomic E-state index is 3.35. The van der Waals surface area contributed by atoms with Gasteiger partial charge in [0, 0.05) is 0 Å². The van der Waals surface area contributed by atoms with Crippen LogP contribution in [-0.4, -0.2) is 13.1 Å². The highest BCUT2D eigenvalue weighted by molar-refractivity contribution is 4.90. The molecule has 1 N–H and O–H groups in total. The van der Waals surface area contributed by atoms with E-state index in [0.717, 1.165) is 5.92 Å². The van der Waals surface area contributed by atoms with Gasteiger partial charge in [0.1, 0.15) is 0 Å². The van der Waals surface area contributed by atoms with Gasteiger partial charge in [-0.05, 0) is 36.3 Å². The van der Waals surface area contributed by atoms with Gasteiger partial charge in [0.05, 0.1) is 0 Å². The Balaban J connectivity index is 2.47. The van der Waals surface area contributed by atoms with Crippen LogP contribution in [0.1, 0.15) is 41.0 Å². The Bertz CT molecular complexity index is 149. The minimum Gasteiger partial charge on any atom is -0.316 e. The third kappa shape index (κ3) is 2.48. The second kappa shape index (κ2) is 3.02. The molecule has 1 heteroatoms. The van der Waals surface area contributed by atoms with Crippen LogP contribution in [0.25, 0.3) is 0 Å². The number of hydrogen-bond acceptors (Lipinski definition) is 1. The lowest BCUT2D eigenvalue weighted by molar-refractivity contribution is 0.0899. The number of nitrogens with one attached hydrogen (secondary N) is 1. The monoisotopic (exact) mass is 169 g/mol. The van der Waals surface area contributed by atoms with E-state index in [1.807, 2.05) is 0 Å². The summed E-state index contributed by atoms with van der Waals surface area (Å²) < 4.78 is 0. The van der Waals surface area contributed by atoms with E-state index in [-0.39, 0.29) is 0 Å². The fourth-order valence-corrected chi connectivity index (χ4v) is 2.35. The van der Waals surface area contributed by atoms with E-state index in [1.54, 1.807) is 0 Å². The molecule has 1 aliphatic heterocycles. The predicted molar refractivity (Wildman–Crippen MR) is 54.2 cm³/mol. The molecule has 0 aromatic rings. The van der Waals surface area contributed by atoms with Crippen LogP contribution in [0.3, 0.4) is 0 Å². The van der Waals surface area contributed by atoms with E-state index in [1.165, 1.54) is 19.5 Å². The summed E-state index contributed by atoms with van der Waals surface area (Å²) in [6.07, 6.45) is 1.33. The van der Waals surface area contributed by atoms with Crippen molar-refractivity contribution in [3.63, 3.8) is 0 Å². The lowest BCUT2D eigenvalue weighted by Crippen LogP contribution is -2.50. The second-order valence-electron chi connectivity index (χ2n) is 6.08. The minimum atomic E-state index is 0.471. The molecule has 0 atom stereocenters. The van der Waals surface area contributed by atoms with Crippen molar-refractivity contribution in [3.8, 4) is 0 Å².